The summed E-state index contributed by atoms with van der Waals surface area (Å²) in [5.41, 5.74) is 9.12. The fourth-order valence-electron chi connectivity index (χ4n) is 4.62. The summed E-state index contributed by atoms with van der Waals surface area (Å²) in [4.78, 5) is 14.6. The van der Waals surface area contributed by atoms with Crippen LogP contribution in [0.1, 0.15) is 36.4 Å². The Morgan fingerprint density at radius 1 is 1.06 bits per heavy atom. The molecule has 3 heterocycles. The van der Waals surface area contributed by atoms with Gasteiger partial charge in [0.2, 0.25) is 5.91 Å². The average molecular weight is 463 g/mol. The molecule has 0 radical (unpaired) electrons. The van der Waals surface area contributed by atoms with Crippen molar-refractivity contribution in [3.63, 3.8) is 0 Å². The molecule has 0 saturated carbocycles. The third-order valence-corrected chi connectivity index (χ3v) is 6.56. The van der Waals surface area contributed by atoms with Gasteiger partial charge in [0.15, 0.2) is 0 Å². The molecule has 2 aromatic rings. The van der Waals surface area contributed by atoms with Crippen molar-refractivity contribution < 1.29 is 14.3 Å². The van der Waals surface area contributed by atoms with Crippen molar-refractivity contribution in [1.29, 1.82) is 0 Å². The molecule has 3 atom stereocenters. The van der Waals surface area contributed by atoms with Crippen LogP contribution in [0.25, 0.3) is 0 Å². The first-order valence-electron chi connectivity index (χ1n) is 11.5. The van der Waals surface area contributed by atoms with Crippen LogP contribution in [0, 0.1) is 0 Å². The van der Waals surface area contributed by atoms with Crippen LogP contribution >= 0.6 is 0 Å². The lowest BCUT2D eigenvalue weighted by atomic mass is 9.99. The van der Waals surface area contributed by atoms with Crippen LogP contribution in [0.15, 0.2) is 66.0 Å². The number of benzene rings is 2. The summed E-state index contributed by atoms with van der Waals surface area (Å²) in [5, 5.41) is 9.69. The van der Waals surface area contributed by atoms with Gasteiger partial charge in [-0.2, -0.15) is 5.10 Å². The molecule has 3 N–H and O–H groups in total. The monoisotopic (exact) mass is 462 g/mol. The maximum absolute atomic E-state index is 12.4. The topological polar surface area (TPSA) is 90.5 Å². The number of fused-ring (bicyclic) bond motifs is 3. The van der Waals surface area contributed by atoms with Crippen LogP contribution in [-0.2, 0) is 11.3 Å². The van der Waals surface area contributed by atoms with Gasteiger partial charge in [-0.15, -0.1) is 0 Å². The number of amides is 1. The Balaban J connectivity index is 1.12. The minimum atomic E-state index is 0.00619. The van der Waals surface area contributed by atoms with E-state index in [0.29, 0.717) is 19.4 Å². The van der Waals surface area contributed by atoms with E-state index in [1.165, 1.54) is 5.56 Å². The highest BCUT2D eigenvalue weighted by Gasteiger charge is 2.44. The maximum atomic E-state index is 12.4. The maximum Gasteiger partial charge on any atom is 0.220 e. The van der Waals surface area contributed by atoms with E-state index in [4.69, 9.17) is 9.47 Å². The van der Waals surface area contributed by atoms with E-state index < -0.39 is 0 Å². The lowest BCUT2D eigenvalue weighted by Crippen LogP contribution is -2.54. The first kappa shape index (κ1) is 22.1. The molecule has 1 amide bonds. The highest BCUT2D eigenvalue weighted by molar-refractivity contribution is 5.89. The van der Waals surface area contributed by atoms with Gasteiger partial charge in [-0.05, 0) is 41.8 Å². The number of carbonyl (C=O) groups is 1. The van der Waals surface area contributed by atoms with Crippen molar-refractivity contribution in [2.24, 2.45) is 5.10 Å². The molecule has 178 valence electrons. The van der Waals surface area contributed by atoms with Gasteiger partial charge in [-0.1, -0.05) is 24.3 Å². The fraction of sp³-hybridized carbons (Fsp3) is 0.360. The summed E-state index contributed by atoms with van der Waals surface area (Å²) in [6, 6.07) is 16.3. The predicted octanol–water partition coefficient (Wildman–Crippen LogP) is 2.45. The Labute approximate surface area is 199 Å². The lowest BCUT2D eigenvalue weighted by Gasteiger charge is -2.37. The van der Waals surface area contributed by atoms with E-state index in [2.05, 4.69) is 49.5 Å². The van der Waals surface area contributed by atoms with Gasteiger partial charge in [-0.3, -0.25) is 10.2 Å². The Kier molecular flexibility index (Phi) is 6.27. The number of rotatable bonds is 8. The van der Waals surface area contributed by atoms with Crippen LogP contribution in [-0.4, -0.2) is 48.1 Å². The third kappa shape index (κ3) is 4.51. The van der Waals surface area contributed by atoms with E-state index in [9.17, 15) is 4.79 Å². The zero-order valence-corrected chi connectivity index (χ0v) is 19.4. The predicted molar refractivity (Wildman–Crippen MR) is 129 cm³/mol. The van der Waals surface area contributed by atoms with Crippen molar-refractivity contribution in [2.75, 3.05) is 14.2 Å². The number of hydrazone groups is 1. The first-order chi connectivity index (χ1) is 16.6. The number of hydrazine groups is 1. The van der Waals surface area contributed by atoms with E-state index in [1.807, 2.05) is 42.6 Å². The van der Waals surface area contributed by atoms with Crippen molar-refractivity contribution in [3.8, 4) is 11.5 Å². The highest BCUT2D eigenvalue weighted by atomic mass is 16.5. The quantitative estimate of drug-likeness (QED) is 0.555. The van der Waals surface area contributed by atoms with Gasteiger partial charge in [0, 0.05) is 31.8 Å². The van der Waals surface area contributed by atoms with Crippen LogP contribution in [0.2, 0.25) is 0 Å². The summed E-state index contributed by atoms with van der Waals surface area (Å²) in [5.74, 6) is 2.55. The summed E-state index contributed by atoms with van der Waals surface area (Å²) in [6.07, 6.45) is 6.02. The summed E-state index contributed by atoms with van der Waals surface area (Å²) >= 11 is 0. The molecule has 34 heavy (non-hydrogen) atoms. The second kappa shape index (κ2) is 9.64. The number of carbonyl (C=O) groups excluding carboxylic acids is 1. The SMILES string of the molecule is COc1ccc(CNC(=O)CCC2=NNC3C4CC(c5ccc(OC)cc5)NN4C=CN23)cc1. The lowest BCUT2D eigenvalue weighted by molar-refractivity contribution is -0.121. The number of amidine groups is 1. The van der Waals surface area contributed by atoms with Gasteiger partial charge in [0.1, 0.15) is 23.5 Å². The summed E-state index contributed by atoms with van der Waals surface area (Å²) in [7, 11) is 3.32. The van der Waals surface area contributed by atoms with Gasteiger partial charge in [-0.25, -0.2) is 5.43 Å². The van der Waals surface area contributed by atoms with Crippen LogP contribution in [0.5, 0.6) is 11.5 Å². The molecule has 1 fully saturated rings. The Hall–Kier alpha value is -3.72. The minimum absolute atomic E-state index is 0.00619. The number of ether oxygens (including phenoxy) is 2. The van der Waals surface area contributed by atoms with Crippen molar-refractivity contribution in [2.45, 2.75) is 44.1 Å². The molecule has 1 saturated heterocycles. The van der Waals surface area contributed by atoms with Crippen LogP contribution in [0.4, 0.5) is 0 Å². The molecule has 9 heteroatoms. The van der Waals surface area contributed by atoms with E-state index in [-0.39, 0.29) is 24.2 Å². The molecule has 0 spiro atoms. The summed E-state index contributed by atoms with van der Waals surface area (Å²) < 4.78 is 10.4. The van der Waals surface area contributed by atoms with E-state index in [0.717, 1.165) is 29.3 Å². The average Bonchev–Trinajstić information content (AvgIpc) is 3.50. The summed E-state index contributed by atoms with van der Waals surface area (Å²) in [6.45, 7) is 0.495. The molecular formula is C25H30N6O3. The Bertz CT molecular complexity index is 1070. The van der Waals surface area contributed by atoms with Crippen molar-refractivity contribution >= 4 is 11.7 Å². The largest absolute Gasteiger partial charge is 0.497 e. The number of hydrogen-bond acceptors (Lipinski definition) is 8. The molecule has 3 aliphatic rings. The smallest absolute Gasteiger partial charge is 0.220 e. The molecule has 9 nitrogen and oxygen atoms in total. The van der Waals surface area contributed by atoms with Crippen molar-refractivity contribution in [3.05, 3.63) is 72.1 Å². The van der Waals surface area contributed by atoms with E-state index >= 15 is 0 Å². The second-order valence-corrected chi connectivity index (χ2v) is 8.60. The number of nitrogens with zero attached hydrogens (tertiary/aromatic N) is 3. The fourth-order valence-corrected chi connectivity index (χ4v) is 4.62. The van der Waals surface area contributed by atoms with Gasteiger partial charge in [0.25, 0.3) is 0 Å². The standard InChI is InChI=1S/C25H30N6O3/c1-33-19-7-3-17(4-8-19)16-26-24(32)12-11-23-27-28-25-22-15-21(29-31(22)14-13-30(23)25)18-5-9-20(34-2)10-6-18/h3-10,13-14,21-22,25,28-29H,11-12,15-16H2,1-2H3,(H,26,32). The molecule has 0 aliphatic carbocycles. The zero-order valence-electron chi connectivity index (χ0n) is 19.4. The normalized spacial score (nSPS) is 22.5. The first-order valence-corrected chi connectivity index (χ1v) is 11.5. The Morgan fingerprint density at radius 3 is 2.47 bits per heavy atom. The Morgan fingerprint density at radius 2 is 1.76 bits per heavy atom. The van der Waals surface area contributed by atoms with Gasteiger partial charge < -0.3 is 24.7 Å². The number of methoxy groups -OCH3 is 2. The molecule has 0 bridgehead atoms. The van der Waals surface area contributed by atoms with Crippen LogP contribution < -0.4 is 25.6 Å². The number of hydrogen-bond donors (Lipinski definition) is 3. The van der Waals surface area contributed by atoms with Crippen molar-refractivity contribution in [1.82, 2.24) is 26.1 Å². The number of nitrogens with one attached hydrogen (secondary N) is 3. The van der Waals surface area contributed by atoms with E-state index in [1.54, 1.807) is 14.2 Å². The van der Waals surface area contributed by atoms with Gasteiger partial charge >= 0.3 is 0 Å². The second-order valence-electron chi connectivity index (χ2n) is 8.60. The zero-order chi connectivity index (χ0) is 23.5. The third-order valence-electron chi connectivity index (χ3n) is 6.56. The molecule has 5 rings (SSSR count). The highest BCUT2D eigenvalue weighted by Crippen LogP contribution is 2.34. The molecule has 2 aromatic carbocycles. The molecule has 3 unspecified atom stereocenters. The minimum Gasteiger partial charge on any atom is -0.497 e. The molecule has 0 aromatic heterocycles. The molecular weight excluding hydrogens is 432 g/mol. The molecule has 3 aliphatic heterocycles. The van der Waals surface area contributed by atoms with Gasteiger partial charge in [0.05, 0.1) is 26.3 Å². The van der Waals surface area contributed by atoms with Crippen LogP contribution in [0.3, 0.4) is 0 Å².